The Hall–Kier alpha value is -5.80. The van der Waals surface area contributed by atoms with Crippen molar-refractivity contribution in [2.75, 3.05) is 5.73 Å². The summed E-state index contributed by atoms with van der Waals surface area (Å²) >= 11 is 0. The number of nitrogen functional groups attached to an aromatic ring is 1. The largest absolute Gasteiger partial charge is 0.399 e. The van der Waals surface area contributed by atoms with E-state index < -0.39 is 0 Å². The van der Waals surface area contributed by atoms with Crippen LogP contribution < -0.4 is 5.73 Å². The van der Waals surface area contributed by atoms with E-state index in [-0.39, 0.29) is 0 Å². The van der Waals surface area contributed by atoms with Gasteiger partial charge in [-0.1, -0.05) is 115 Å². The van der Waals surface area contributed by atoms with Gasteiger partial charge >= 0.3 is 0 Å². The summed E-state index contributed by atoms with van der Waals surface area (Å²) in [5.41, 5.74) is 19.7. The molecule has 2 aromatic heterocycles. The highest BCUT2D eigenvalue weighted by Crippen LogP contribution is 2.55. The van der Waals surface area contributed by atoms with Crippen LogP contribution in [0.15, 0.2) is 164 Å². The fourth-order valence-corrected chi connectivity index (χ4v) is 5.90. The molecule has 3 nitrogen and oxygen atoms in total. The summed E-state index contributed by atoms with van der Waals surface area (Å²) in [4.78, 5) is 9.92. The molecule has 0 radical (unpaired) electrons. The zero-order valence-electron chi connectivity index (χ0n) is 23.6. The van der Waals surface area contributed by atoms with E-state index in [1.807, 2.05) is 36.7 Å². The van der Waals surface area contributed by atoms with Gasteiger partial charge in [0.25, 0.3) is 0 Å². The molecule has 7 rings (SSSR count). The first-order valence-corrected chi connectivity index (χ1v) is 14.4. The Balaban J connectivity index is 1.81. The molecule has 2 heterocycles. The van der Waals surface area contributed by atoms with Crippen molar-refractivity contribution >= 4 is 5.69 Å². The molecule has 0 unspecified atom stereocenters. The lowest BCUT2D eigenvalue weighted by molar-refractivity contribution is 1.30. The predicted octanol–water partition coefficient (Wildman–Crippen LogP) is 10.1. The number of hydrogen-bond donors (Lipinski definition) is 1. The van der Waals surface area contributed by atoms with E-state index in [1.165, 1.54) is 0 Å². The first-order chi connectivity index (χ1) is 21.3. The van der Waals surface area contributed by atoms with Crippen molar-refractivity contribution in [3.05, 3.63) is 164 Å². The van der Waals surface area contributed by atoms with Crippen LogP contribution in [0.4, 0.5) is 5.69 Å². The van der Waals surface area contributed by atoms with Crippen LogP contribution in [-0.4, -0.2) is 9.97 Å². The average molecular weight is 552 g/mol. The van der Waals surface area contributed by atoms with Crippen LogP contribution >= 0.6 is 0 Å². The zero-order valence-corrected chi connectivity index (χ0v) is 23.6. The van der Waals surface area contributed by atoms with Crippen LogP contribution in [0.1, 0.15) is 0 Å². The van der Waals surface area contributed by atoms with Crippen LogP contribution in [0.3, 0.4) is 0 Å². The molecule has 0 spiro atoms. The number of nitrogens with two attached hydrogens (primary N) is 1. The third kappa shape index (κ3) is 4.98. The Morgan fingerprint density at radius 3 is 0.977 bits per heavy atom. The fraction of sp³-hybridized carbons (Fsp3) is 0. The number of nitrogens with zero attached hydrogens (tertiary/aromatic N) is 2. The Morgan fingerprint density at radius 1 is 0.302 bits per heavy atom. The summed E-state index contributed by atoms with van der Waals surface area (Å²) in [6.45, 7) is 0. The lowest BCUT2D eigenvalue weighted by atomic mass is 9.75. The summed E-state index contributed by atoms with van der Waals surface area (Å²) in [6.07, 6.45) is 3.73. The molecule has 0 amide bonds. The molecule has 0 saturated heterocycles. The molecule has 0 aliphatic heterocycles. The van der Waals surface area contributed by atoms with Gasteiger partial charge in [0.15, 0.2) is 0 Å². The van der Waals surface area contributed by atoms with Gasteiger partial charge < -0.3 is 5.73 Å². The fourth-order valence-electron chi connectivity index (χ4n) is 5.90. The van der Waals surface area contributed by atoms with E-state index >= 15 is 0 Å². The first kappa shape index (κ1) is 26.1. The lowest BCUT2D eigenvalue weighted by Crippen LogP contribution is -2.03. The van der Waals surface area contributed by atoms with Crippen LogP contribution in [-0.2, 0) is 0 Å². The maximum Gasteiger partial charge on any atom is 0.0715 e. The quantitative estimate of drug-likeness (QED) is 0.209. The molecule has 0 atom stereocenters. The maximum absolute atomic E-state index is 6.23. The molecule has 0 aliphatic rings. The second-order valence-electron chi connectivity index (χ2n) is 10.4. The van der Waals surface area contributed by atoms with Gasteiger partial charge in [-0.25, -0.2) is 0 Å². The van der Waals surface area contributed by atoms with Crippen LogP contribution in [0.2, 0.25) is 0 Å². The van der Waals surface area contributed by atoms with E-state index in [2.05, 4.69) is 127 Å². The average Bonchev–Trinajstić information content (AvgIpc) is 3.09. The number of rotatable bonds is 6. The van der Waals surface area contributed by atoms with E-state index in [1.54, 1.807) is 0 Å². The van der Waals surface area contributed by atoms with Crippen LogP contribution in [0, 0.1) is 0 Å². The van der Waals surface area contributed by atoms with Gasteiger partial charge in [-0.2, -0.15) is 0 Å². The topological polar surface area (TPSA) is 51.8 Å². The Kier molecular flexibility index (Phi) is 7.04. The van der Waals surface area contributed by atoms with Gasteiger partial charge in [-0.15, -0.1) is 0 Å². The van der Waals surface area contributed by atoms with Crippen LogP contribution in [0.5, 0.6) is 0 Å². The van der Waals surface area contributed by atoms with Gasteiger partial charge in [-0.3, -0.25) is 9.97 Å². The van der Waals surface area contributed by atoms with Gasteiger partial charge in [0.1, 0.15) is 0 Å². The highest BCUT2D eigenvalue weighted by Gasteiger charge is 2.29. The molecule has 7 aromatic rings. The number of aromatic nitrogens is 2. The minimum absolute atomic E-state index is 0.726. The van der Waals surface area contributed by atoms with Crippen molar-refractivity contribution in [2.24, 2.45) is 0 Å². The minimum atomic E-state index is 0.726. The Labute approximate surface area is 252 Å². The highest BCUT2D eigenvalue weighted by atomic mass is 14.7. The predicted molar refractivity (Wildman–Crippen MR) is 179 cm³/mol. The van der Waals surface area contributed by atoms with Crippen molar-refractivity contribution in [3.8, 4) is 67.0 Å². The summed E-state index contributed by atoms with van der Waals surface area (Å²) in [6, 6.07) is 52.3. The van der Waals surface area contributed by atoms with Crippen molar-refractivity contribution in [1.29, 1.82) is 0 Å². The normalized spacial score (nSPS) is 10.9. The van der Waals surface area contributed by atoms with Gasteiger partial charge in [-0.05, 0) is 69.8 Å². The summed E-state index contributed by atoms with van der Waals surface area (Å²) < 4.78 is 0. The van der Waals surface area contributed by atoms with Crippen molar-refractivity contribution in [2.45, 2.75) is 0 Å². The highest BCUT2D eigenvalue weighted by molar-refractivity contribution is 6.14. The zero-order chi connectivity index (χ0) is 29.0. The lowest BCUT2D eigenvalue weighted by Gasteiger charge is -2.28. The molecular formula is C40H29N3. The standard InChI is InChI=1S/C40H29N3/c41-32-24-22-31(23-25-32)36-35(28-14-4-1-5-15-28)37(29-16-6-2-7-17-29)39(33-20-10-12-26-42-33)40(34-21-11-13-27-43-34)38(36)30-18-8-3-9-19-30/h1-27H,41H2. The van der Waals surface area contributed by atoms with Crippen molar-refractivity contribution in [1.82, 2.24) is 9.97 Å². The van der Waals surface area contributed by atoms with E-state index in [9.17, 15) is 0 Å². The van der Waals surface area contributed by atoms with Crippen LogP contribution in [0.25, 0.3) is 67.0 Å². The molecule has 204 valence electrons. The molecular weight excluding hydrogens is 522 g/mol. The van der Waals surface area contributed by atoms with E-state index in [0.29, 0.717) is 0 Å². The smallest absolute Gasteiger partial charge is 0.0715 e. The number of pyridine rings is 2. The van der Waals surface area contributed by atoms with Crippen molar-refractivity contribution < 1.29 is 0 Å². The number of anilines is 1. The summed E-state index contributed by atoms with van der Waals surface area (Å²) in [5.74, 6) is 0. The van der Waals surface area contributed by atoms with E-state index in [4.69, 9.17) is 15.7 Å². The number of hydrogen-bond acceptors (Lipinski definition) is 3. The maximum atomic E-state index is 6.23. The first-order valence-electron chi connectivity index (χ1n) is 14.4. The Bertz CT molecular complexity index is 1870. The molecule has 2 N–H and O–H groups in total. The number of benzene rings is 5. The molecule has 0 fully saturated rings. The summed E-state index contributed by atoms with van der Waals surface area (Å²) in [5, 5.41) is 0. The van der Waals surface area contributed by atoms with Gasteiger partial charge in [0.05, 0.1) is 11.4 Å². The second kappa shape index (κ2) is 11.6. The molecule has 0 saturated carbocycles. The van der Waals surface area contributed by atoms with Gasteiger partial charge in [0.2, 0.25) is 0 Å². The third-order valence-electron chi connectivity index (χ3n) is 7.73. The molecule has 0 bridgehead atoms. The summed E-state index contributed by atoms with van der Waals surface area (Å²) in [7, 11) is 0. The minimum Gasteiger partial charge on any atom is -0.399 e. The third-order valence-corrected chi connectivity index (χ3v) is 7.73. The van der Waals surface area contributed by atoms with Crippen molar-refractivity contribution in [3.63, 3.8) is 0 Å². The molecule has 43 heavy (non-hydrogen) atoms. The Morgan fingerprint density at radius 2 is 0.628 bits per heavy atom. The SMILES string of the molecule is Nc1ccc(-c2c(-c3ccccc3)c(-c3ccccc3)c(-c3ccccn3)c(-c3ccccn3)c2-c2ccccc2)cc1. The molecule has 3 heteroatoms. The van der Waals surface area contributed by atoms with Gasteiger partial charge in [0, 0.05) is 40.3 Å². The van der Waals surface area contributed by atoms with E-state index in [0.717, 1.165) is 72.7 Å². The molecule has 0 aliphatic carbocycles. The second-order valence-corrected chi connectivity index (χ2v) is 10.4. The monoisotopic (exact) mass is 551 g/mol. The molecule has 5 aromatic carbocycles.